The van der Waals surface area contributed by atoms with Crippen molar-refractivity contribution in [1.29, 1.82) is 0 Å². The third kappa shape index (κ3) is 3.39. The first kappa shape index (κ1) is 15.5. The second-order valence-corrected chi connectivity index (χ2v) is 6.19. The summed E-state index contributed by atoms with van der Waals surface area (Å²) in [5.41, 5.74) is 0.927. The van der Waals surface area contributed by atoms with Gasteiger partial charge in [-0.25, -0.2) is 4.39 Å². The molecule has 0 aromatic heterocycles. The zero-order valence-electron chi connectivity index (χ0n) is 13.0. The van der Waals surface area contributed by atoms with E-state index in [9.17, 15) is 4.39 Å². The average Bonchev–Trinajstić information content (AvgIpc) is 2.45. The van der Waals surface area contributed by atoms with Gasteiger partial charge < -0.3 is 5.32 Å². The van der Waals surface area contributed by atoms with Crippen molar-refractivity contribution in [2.75, 3.05) is 13.1 Å². The number of piperazine rings is 1. The highest BCUT2D eigenvalue weighted by Crippen LogP contribution is 2.26. The Morgan fingerprint density at radius 1 is 1.35 bits per heavy atom. The molecule has 0 radical (unpaired) electrons. The van der Waals surface area contributed by atoms with Crippen LogP contribution in [-0.4, -0.2) is 29.6 Å². The molecular weight excluding hydrogens is 251 g/mol. The topological polar surface area (TPSA) is 15.3 Å². The van der Waals surface area contributed by atoms with E-state index < -0.39 is 0 Å². The number of hydrogen-bond donors (Lipinski definition) is 1. The van der Waals surface area contributed by atoms with Gasteiger partial charge in [-0.05, 0) is 25.8 Å². The molecule has 1 saturated heterocycles. The summed E-state index contributed by atoms with van der Waals surface area (Å²) >= 11 is 0. The van der Waals surface area contributed by atoms with Crippen LogP contribution in [0.3, 0.4) is 0 Å². The van der Waals surface area contributed by atoms with E-state index in [1.807, 2.05) is 12.1 Å². The SMILES string of the molecule is CCCC1CN(Cc2ccccc2F)C(C)(CC)CN1. The molecule has 112 valence electrons. The maximum Gasteiger partial charge on any atom is 0.127 e. The summed E-state index contributed by atoms with van der Waals surface area (Å²) in [6.07, 6.45) is 3.45. The fraction of sp³-hybridized carbons (Fsp3) is 0.647. The van der Waals surface area contributed by atoms with Crippen molar-refractivity contribution >= 4 is 0 Å². The number of nitrogens with one attached hydrogen (secondary N) is 1. The van der Waals surface area contributed by atoms with Crippen LogP contribution in [0.5, 0.6) is 0 Å². The smallest absolute Gasteiger partial charge is 0.127 e. The third-order valence-electron chi connectivity index (χ3n) is 4.69. The van der Waals surface area contributed by atoms with Gasteiger partial charge in [0, 0.05) is 36.8 Å². The van der Waals surface area contributed by atoms with Crippen molar-refractivity contribution in [3.05, 3.63) is 35.6 Å². The number of hydrogen-bond acceptors (Lipinski definition) is 2. The highest BCUT2D eigenvalue weighted by atomic mass is 19.1. The molecule has 2 unspecified atom stereocenters. The minimum absolute atomic E-state index is 0.0865. The summed E-state index contributed by atoms with van der Waals surface area (Å²) in [7, 11) is 0. The van der Waals surface area contributed by atoms with Gasteiger partial charge >= 0.3 is 0 Å². The zero-order valence-corrected chi connectivity index (χ0v) is 13.0. The molecule has 1 aromatic rings. The first-order valence-electron chi connectivity index (χ1n) is 7.81. The summed E-state index contributed by atoms with van der Waals surface area (Å²) in [6.45, 7) is 9.42. The minimum Gasteiger partial charge on any atom is -0.311 e. The van der Waals surface area contributed by atoms with Crippen LogP contribution in [0.15, 0.2) is 24.3 Å². The lowest BCUT2D eigenvalue weighted by Crippen LogP contribution is -2.62. The Labute approximate surface area is 122 Å². The number of halogens is 1. The Balaban J connectivity index is 2.13. The summed E-state index contributed by atoms with van der Waals surface area (Å²) in [6, 6.07) is 7.68. The number of nitrogens with zero attached hydrogens (tertiary/aromatic N) is 1. The van der Waals surface area contributed by atoms with Crippen molar-refractivity contribution in [1.82, 2.24) is 10.2 Å². The van der Waals surface area contributed by atoms with E-state index in [1.165, 1.54) is 12.8 Å². The normalized spacial score (nSPS) is 27.7. The lowest BCUT2D eigenvalue weighted by Gasteiger charge is -2.48. The molecule has 0 aliphatic carbocycles. The summed E-state index contributed by atoms with van der Waals surface area (Å²) in [5, 5.41) is 3.66. The molecule has 2 rings (SSSR count). The molecule has 2 nitrogen and oxygen atoms in total. The highest BCUT2D eigenvalue weighted by molar-refractivity contribution is 5.18. The van der Waals surface area contributed by atoms with Crippen molar-refractivity contribution in [2.24, 2.45) is 0 Å². The van der Waals surface area contributed by atoms with Gasteiger partial charge in [0.25, 0.3) is 0 Å². The predicted octanol–water partition coefficient (Wildman–Crippen LogP) is 3.57. The molecule has 20 heavy (non-hydrogen) atoms. The van der Waals surface area contributed by atoms with Crippen molar-refractivity contribution < 1.29 is 4.39 Å². The van der Waals surface area contributed by atoms with Crippen LogP contribution < -0.4 is 5.32 Å². The Bertz CT molecular complexity index is 435. The molecule has 1 aromatic carbocycles. The van der Waals surface area contributed by atoms with E-state index in [1.54, 1.807) is 12.1 Å². The van der Waals surface area contributed by atoms with E-state index >= 15 is 0 Å². The molecule has 1 aliphatic heterocycles. The van der Waals surface area contributed by atoms with Gasteiger partial charge in [-0.3, -0.25) is 4.90 Å². The molecule has 0 bridgehead atoms. The Kier molecular flexibility index (Phi) is 5.17. The molecule has 2 atom stereocenters. The second-order valence-electron chi connectivity index (χ2n) is 6.19. The predicted molar refractivity (Wildman–Crippen MR) is 82.2 cm³/mol. The Morgan fingerprint density at radius 2 is 2.10 bits per heavy atom. The first-order chi connectivity index (χ1) is 9.59. The molecular formula is C17H27FN2. The molecule has 1 heterocycles. The molecule has 1 aliphatic rings. The van der Waals surface area contributed by atoms with Gasteiger partial charge in [-0.1, -0.05) is 38.5 Å². The molecule has 0 saturated carbocycles. The van der Waals surface area contributed by atoms with E-state index in [-0.39, 0.29) is 11.4 Å². The molecule has 0 spiro atoms. The minimum atomic E-state index is -0.0865. The number of benzene rings is 1. The monoisotopic (exact) mass is 278 g/mol. The van der Waals surface area contributed by atoms with Crippen molar-refractivity contribution in [3.8, 4) is 0 Å². The molecule has 1 N–H and O–H groups in total. The van der Waals surface area contributed by atoms with Crippen LogP contribution in [-0.2, 0) is 6.54 Å². The summed E-state index contributed by atoms with van der Waals surface area (Å²) in [5.74, 6) is -0.0865. The van der Waals surface area contributed by atoms with Crippen LogP contribution in [0.25, 0.3) is 0 Å². The van der Waals surface area contributed by atoms with Crippen molar-refractivity contribution in [3.63, 3.8) is 0 Å². The molecule has 1 fully saturated rings. The van der Waals surface area contributed by atoms with Crippen LogP contribution in [0.2, 0.25) is 0 Å². The fourth-order valence-corrected chi connectivity index (χ4v) is 3.01. The van der Waals surface area contributed by atoms with Gasteiger partial charge in [0.2, 0.25) is 0 Å². The second kappa shape index (κ2) is 6.68. The summed E-state index contributed by atoms with van der Waals surface area (Å²) in [4.78, 5) is 2.46. The lowest BCUT2D eigenvalue weighted by molar-refractivity contribution is 0.0388. The highest BCUT2D eigenvalue weighted by Gasteiger charge is 2.36. The molecule has 0 amide bonds. The summed E-state index contributed by atoms with van der Waals surface area (Å²) < 4.78 is 13.9. The van der Waals surface area contributed by atoms with Gasteiger partial charge in [0.05, 0.1) is 0 Å². The largest absolute Gasteiger partial charge is 0.311 e. The zero-order chi connectivity index (χ0) is 14.6. The quantitative estimate of drug-likeness (QED) is 0.886. The maximum atomic E-state index is 13.9. The van der Waals surface area contributed by atoms with Gasteiger partial charge in [-0.2, -0.15) is 0 Å². The Hall–Kier alpha value is -0.930. The van der Waals surface area contributed by atoms with E-state index in [0.717, 1.165) is 25.1 Å². The molecule has 3 heteroatoms. The van der Waals surface area contributed by atoms with Crippen molar-refractivity contribution in [2.45, 2.75) is 58.2 Å². The average molecular weight is 278 g/mol. The van der Waals surface area contributed by atoms with Gasteiger partial charge in [0.15, 0.2) is 0 Å². The fourth-order valence-electron chi connectivity index (χ4n) is 3.01. The van der Waals surface area contributed by atoms with E-state index in [0.29, 0.717) is 12.6 Å². The first-order valence-corrected chi connectivity index (χ1v) is 7.81. The third-order valence-corrected chi connectivity index (χ3v) is 4.69. The van der Waals surface area contributed by atoms with E-state index in [4.69, 9.17) is 0 Å². The number of rotatable bonds is 5. The van der Waals surface area contributed by atoms with Crippen LogP contribution >= 0.6 is 0 Å². The van der Waals surface area contributed by atoms with Crippen LogP contribution in [0, 0.1) is 5.82 Å². The lowest BCUT2D eigenvalue weighted by atomic mass is 9.90. The van der Waals surface area contributed by atoms with Crippen LogP contribution in [0.1, 0.15) is 45.6 Å². The standard InChI is InChI=1S/C17H27FN2/c1-4-8-15-12-20(17(3,5-2)13-19-15)11-14-9-6-7-10-16(14)18/h6-7,9-10,15,19H,4-5,8,11-13H2,1-3H3. The maximum absolute atomic E-state index is 13.9. The van der Waals surface area contributed by atoms with E-state index in [2.05, 4.69) is 31.0 Å². The van der Waals surface area contributed by atoms with Crippen LogP contribution in [0.4, 0.5) is 4.39 Å². The van der Waals surface area contributed by atoms with Gasteiger partial charge in [-0.15, -0.1) is 0 Å². The van der Waals surface area contributed by atoms with Gasteiger partial charge in [0.1, 0.15) is 5.82 Å². The Morgan fingerprint density at radius 3 is 2.75 bits per heavy atom.